The molecular weight excluding hydrogens is 378 g/mol. The van der Waals surface area contributed by atoms with E-state index in [9.17, 15) is 14.7 Å². The second-order valence-corrected chi connectivity index (χ2v) is 8.92. The number of esters is 1. The summed E-state index contributed by atoms with van der Waals surface area (Å²) >= 11 is 0. The Bertz CT molecular complexity index is 837. The molecule has 2 N–H and O–H groups in total. The Morgan fingerprint density at radius 1 is 0.933 bits per heavy atom. The van der Waals surface area contributed by atoms with Crippen molar-refractivity contribution in [3.63, 3.8) is 0 Å². The van der Waals surface area contributed by atoms with Gasteiger partial charge in [-0.15, -0.1) is 0 Å². The molecular formula is C25H31NO4. The molecule has 160 valence electrons. The Morgan fingerprint density at radius 3 is 2.03 bits per heavy atom. The van der Waals surface area contributed by atoms with Gasteiger partial charge in [0.1, 0.15) is 6.61 Å². The van der Waals surface area contributed by atoms with Crippen molar-refractivity contribution in [1.82, 2.24) is 5.32 Å². The maximum Gasteiger partial charge on any atom is 0.338 e. The van der Waals surface area contributed by atoms with Gasteiger partial charge >= 0.3 is 5.97 Å². The molecule has 0 unspecified atom stereocenters. The summed E-state index contributed by atoms with van der Waals surface area (Å²) in [6.45, 7) is 6.47. The highest BCUT2D eigenvalue weighted by Gasteiger charge is 2.40. The number of aryl methyl sites for hydroxylation is 2. The van der Waals surface area contributed by atoms with Gasteiger partial charge < -0.3 is 15.2 Å². The van der Waals surface area contributed by atoms with Gasteiger partial charge in [-0.05, 0) is 68.2 Å². The van der Waals surface area contributed by atoms with Gasteiger partial charge in [0.2, 0.25) is 0 Å². The first-order valence-corrected chi connectivity index (χ1v) is 10.5. The molecule has 0 aliphatic heterocycles. The van der Waals surface area contributed by atoms with E-state index in [1.807, 2.05) is 50.2 Å². The normalized spacial score (nSPS) is 23.6. The lowest BCUT2D eigenvalue weighted by Crippen LogP contribution is -2.46. The molecule has 1 amide bonds. The zero-order valence-corrected chi connectivity index (χ0v) is 18.0. The van der Waals surface area contributed by atoms with Crippen molar-refractivity contribution in [2.75, 3.05) is 13.2 Å². The summed E-state index contributed by atoms with van der Waals surface area (Å²) in [5.41, 5.74) is 1.92. The molecule has 5 nitrogen and oxygen atoms in total. The number of rotatable bonds is 6. The summed E-state index contributed by atoms with van der Waals surface area (Å²) in [5, 5.41) is 13.9. The van der Waals surface area contributed by atoms with Crippen LogP contribution in [-0.2, 0) is 4.74 Å². The highest BCUT2D eigenvalue weighted by molar-refractivity contribution is 5.95. The molecule has 1 fully saturated rings. The molecule has 0 atom stereocenters. The minimum absolute atomic E-state index is 0.00812. The second-order valence-electron chi connectivity index (χ2n) is 8.92. The number of hydrogen-bond donors (Lipinski definition) is 2. The van der Waals surface area contributed by atoms with Crippen molar-refractivity contribution in [3.8, 4) is 0 Å². The van der Waals surface area contributed by atoms with Crippen molar-refractivity contribution >= 4 is 11.9 Å². The standard InChI is InChI=1S/C25H31NO4/c1-18-8-4-6-10-20(18)22(27)26-16-24(3)12-14-25(29,15-13-24)17-30-23(28)21-11-7-5-9-19(21)2/h4-11,29H,12-17H2,1-3H3,(H,26,27). The van der Waals surface area contributed by atoms with E-state index < -0.39 is 11.6 Å². The minimum atomic E-state index is -1.02. The van der Waals surface area contributed by atoms with E-state index in [1.54, 1.807) is 12.1 Å². The molecule has 0 spiro atoms. The van der Waals surface area contributed by atoms with E-state index in [2.05, 4.69) is 12.2 Å². The van der Waals surface area contributed by atoms with Gasteiger partial charge in [0, 0.05) is 12.1 Å². The van der Waals surface area contributed by atoms with E-state index in [0.717, 1.165) is 24.0 Å². The summed E-state index contributed by atoms with van der Waals surface area (Å²) < 4.78 is 5.43. The maximum atomic E-state index is 12.5. The van der Waals surface area contributed by atoms with Crippen molar-refractivity contribution in [1.29, 1.82) is 0 Å². The average molecular weight is 410 g/mol. The fourth-order valence-corrected chi connectivity index (χ4v) is 3.94. The first-order valence-electron chi connectivity index (χ1n) is 10.5. The molecule has 1 aliphatic rings. The molecule has 1 aliphatic carbocycles. The minimum Gasteiger partial charge on any atom is -0.459 e. The van der Waals surface area contributed by atoms with Crippen LogP contribution < -0.4 is 5.32 Å². The second kappa shape index (κ2) is 9.00. The number of aliphatic hydroxyl groups is 1. The highest BCUT2D eigenvalue weighted by Crippen LogP contribution is 2.40. The Balaban J connectivity index is 1.50. The Hall–Kier alpha value is -2.66. The van der Waals surface area contributed by atoms with Gasteiger partial charge in [0.25, 0.3) is 5.91 Å². The topological polar surface area (TPSA) is 75.6 Å². The summed E-state index contributed by atoms with van der Waals surface area (Å²) in [4.78, 5) is 24.8. The molecule has 1 saturated carbocycles. The fraction of sp³-hybridized carbons (Fsp3) is 0.440. The molecule has 0 aromatic heterocycles. The Morgan fingerprint density at radius 2 is 1.47 bits per heavy atom. The first kappa shape index (κ1) is 22.0. The fourth-order valence-electron chi connectivity index (χ4n) is 3.94. The highest BCUT2D eigenvalue weighted by atomic mass is 16.5. The summed E-state index contributed by atoms with van der Waals surface area (Å²) in [6, 6.07) is 14.8. The van der Waals surface area contributed by atoms with Crippen LogP contribution in [0.25, 0.3) is 0 Å². The van der Waals surface area contributed by atoms with Crippen molar-refractivity contribution < 1.29 is 19.4 Å². The molecule has 3 rings (SSSR count). The van der Waals surface area contributed by atoms with Crippen LogP contribution in [0.15, 0.2) is 48.5 Å². The number of ether oxygens (including phenoxy) is 1. The third kappa shape index (κ3) is 5.28. The number of nitrogens with one attached hydrogen (secondary N) is 1. The van der Waals surface area contributed by atoms with E-state index in [4.69, 9.17) is 4.74 Å². The van der Waals surface area contributed by atoms with E-state index in [0.29, 0.717) is 30.5 Å². The van der Waals surface area contributed by atoms with E-state index in [1.165, 1.54) is 0 Å². The van der Waals surface area contributed by atoms with Crippen LogP contribution in [0.1, 0.15) is 64.4 Å². The number of carbonyl (C=O) groups excluding carboxylic acids is 2. The molecule has 30 heavy (non-hydrogen) atoms. The van der Waals surface area contributed by atoms with Crippen LogP contribution in [0.2, 0.25) is 0 Å². The zero-order valence-electron chi connectivity index (χ0n) is 18.0. The van der Waals surface area contributed by atoms with Crippen molar-refractivity contribution in [3.05, 3.63) is 70.8 Å². The largest absolute Gasteiger partial charge is 0.459 e. The lowest BCUT2D eigenvalue weighted by molar-refractivity contribution is -0.0731. The van der Waals surface area contributed by atoms with Crippen LogP contribution in [0.3, 0.4) is 0 Å². The zero-order chi connectivity index (χ0) is 21.8. The third-order valence-corrected chi connectivity index (χ3v) is 6.29. The molecule has 0 bridgehead atoms. The van der Waals surface area contributed by atoms with E-state index in [-0.39, 0.29) is 17.9 Å². The number of benzene rings is 2. The van der Waals surface area contributed by atoms with Gasteiger partial charge in [0.05, 0.1) is 11.2 Å². The Kier molecular flexibility index (Phi) is 6.61. The monoisotopic (exact) mass is 409 g/mol. The van der Waals surface area contributed by atoms with Crippen LogP contribution >= 0.6 is 0 Å². The molecule has 2 aromatic carbocycles. The van der Waals surface area contributed by atoms with Crippen LogP contribution in [0.5, 0.6) is 0 Å². The van der Waals surface area contributed by atoms with Gasteiger partial charge in [-0.2, -0.15) is 0 Å². The van der Waals surface area contributed by atoms with Crippen LogP contribution in [0, 0.1) is 19.3 Å². The smallest absolute Gasteiger partial charge is 0.338 e. The van der Waals surface area contributed by atoms with Gasteiger partial charge in [-0.3, -0.25) is 4.79 Å². The SMILES string of the molecule is Cc1ccccc1C(=O)NCC1(C)CCC(O)(COC(=O)c2ccccc2C)CC1. The summed E-state index contributed by atoms with van der Waals surface area (Å²) in [7, 11) is 0. The number of amides is 1. The van der Waals surface area contributed by atoms with Gasteiger partial charge in [0.15, 0.2) is 0 Å². The molecule has 0 radical (unpaired) electrons. The van der Waals surface area contributed by atoms with Crippen LogP contribution in [-0.4, -0.2) is 35.7 Å². The van der Waals surface area contributed by atoms with Gasteiger partial charge in [-0.25, -0.2) is 4.79 Å². The van der Waals surface area contributed by atoms with Crippen molar-refractivity contribution in [2.45, 2.75) is 52.1 Å². The number of hydrogen-bond acceptors (Lipinski definition) is 4. The Labute approximate surface area is 178 Å². The van der Waals surface area contributed by atoms with Crippen molar-refractivity contribution in [2.24, 2.45) is 5.41 Å². The van der Waals surface area contributed by atoms with E-state index >= 15 is 0 Å². The number of carbonyl (C=O) groups is 2. The summed E-state index contributed by atoms with van der Waals surface area (Å²) in [5.74, 6) is -0.470. The molecule has 5 heteroatoms. The lowest BCUT2D eigenvalue weighted by Gasteiger charge is -2.41. The lowest BCUT2D eigenvalue weighted by atomic mass is 9.70. The van der Waals surface area contributed by atoms with Gasteiger partial charge in [-0.1, -0.05) is 43.3 Å². The molecule has 2 aromatic rings. The quantitative estimate of drug-likeness (QED) is 0.701. The molecule has 0 heterocycles. The summed E-state index contributed by atoms with van der Waals surface area (Å²) in [6.07, 6.45) is 2.56. The predicted molar refractivity (Wildman–Crippen MR) is 116 cm³/mol. The average Bonchev–Trinajstić information content (AvgIpc) is 2.74. The predicted octanol–water partition coefficient (Wildman–Crippen LogP) is 4.20. The first-order chi connectivity index (χ1) is 14.2. The van der Waals surface area contributed by atoms with Crippen LogP contribution in [0.4, 0.5) is 0 Å². The maximum absolute atomic E-state index is 12.5. The third-order valence-electron chi connectivity index (χ3n) is 6.29. The molecule has 0 saturated heterocycles.